The van der Waals surface area contributed by atoms with Gasteiger partial charge in [0, 0.05) is 37.0 Å². The van der Waals surface area contributed by atoms with Gasteiger partial charge in [-0.15, -0.1) is 0 Å². The van der Waals surface area contributed by atoms with Crippen LogP contribution in [0.1, 0.15) is 13.3 Å². The number of carbonyl (C=O) groups is 2. The molecule has 2 aromatic carbocycles. The number of thiol groups is 1. The largest absolute Gasteiger partial charge is 0.507 e. The number of pyridine rings is 1. The highest BCUT2D eigenvalue weighted by atomic mass is 35.5. The quantitative estimate of drug-likeness (QED) is 0.493. The molecule has 0 aliphatic carbocycles. The monoisotopic (exact) mass is 532 g/mol. The van der Waals surface area contributed by atoms with E-state index in [1.807, 2.05) is 11.8 Å². The van der Waals surface area contributed by atoms with Crippen LogP contribution in [0.5, 0.6) is 5.75 Å². The summed E-state index contributed by atoms with van der Waals surface area (Å²) in [5.74, 6) is -2.04. The van der Waals surface area contributed by atoms with Gasteiger partial charge >= 0.3 is 0 Å². The summed E-state index contributed by atoms with van der Waals surface area (Å²) in [7, 11) is 1.60. The number of phenols is 1. The van der Waals surface area contributed by atoms with Gasteiger partial charge in [0.15, 0.2) is 5.82 Å². The second-order valence-corrected chi connectivity index (χ2v) is 9.86. The van der Waals surface area contributed by atoms with Crippen molar-refractivity contribution in [3.8, 4) is 16.9 Å². The Hall–Kier alpha value is -3.11. The Morgan fingerprint density at radius 3 is 2.72 bits per heavy atom. The molecule has 0 spiro atoms. The molecular weight excluding hydrogens is 510 g/mol. The van der Waals surface area contributed by atoms with Crippen LogP contribution in [0.2, 0.25) is 5.02 Å². The minimum Gasteiger partial charge on any atom is -0.507 e. The number of amides is 2. The maximum atomic E-state index is 15.9. The number of aromatic hydroxyl groups is 1. The molecule has 1 aromatic heterocycles. The number of piperazine rings is 1. The van der Waals surface area contributed by atoms with E-state index in [9.17, 15) is 19.1 Å². The zero-order chi connectivity index (χ0) is 25.9. The number of nitrogens with zero attached hydrogens (tertiary/aromatic N) is 4. The van der Waals surface area contributed by atoms with Crippen molar-refractivity contribution in [2.45, 2.75) is 25.4 Å². The Balaban J connectivity index is 1.70. The number of phenolic OH excluding ortho intramolecular Hbond substituents is 1. The van der Waals surface area contributed by atoms with Crippen molar-refractivity contribution in [3.63, 3.8) is 0 Å². The van der Waals surface area contributed by atoms with Crippen LogP contribution in [0.15, 0.2) is 30.5 Å². The molecule has 1 N–H and O–H groups in total. The van der Waals surface area contributed by atoms with E-state index in [-0.39, 0.29) is 52.5 Å². The first-order chi connectivity index (χ1) is 17.1. The molecule has 11 heteroatoms. The Bertz CT molecular complexity index is 1400. The van der Waals surface area contributed by atoms with Crippen LogP contribution < -0.4 is 9.80 Å². The molecule has 5 rings (SSSR count). The molecule has 1 fully saturated rings. The second-order valence-electron chi connectivity index (χ2n) is 9.00. The Morgan fingerprint density at radius 1 is 1.28 bits per heavy atom. The van der Waals surface area contributed by atoms with Crippen LogP contribution in [0.3, 0.4) is 0 Å². The average Bonchev–Trinajstić information content (AvgIpc) is 2.83. The molecule has 0 bridgehead atoms. The first-order valence-corrected chi connectivity index (χ1v) is 12.4. The lowest BCUT2D eigenvalue weighted by molar-refractivity contribution is -0.135. The zero-order valence-electron chi connectivity index (χ0n) is 19.5. The highest BCUT2D eigenvalue weighted by Crippen LogP contribution is 2.47. The zero-order valence-corrected chi connectivity index (χ0v) is 21.2. The lowest BCUT2D eigenvalue weighted by atomic mass is 9.96. The van der Waals surface area contributed by atoms with Crippen molar-refractivity contribution in [2.24, 2.45) is 0 Å². The number of fused-ring (bicyclic) bond motifs is 5. The van der Waals surface area contributed by atoms with Gasteiger partial charge in [-0.2, -0.15) is 12.6 Å². The third kappa shape index (κ3) is 3.66. The third-order valence-electron chi connectivity index (χ3n) is 6.90. The summed E-state index contributed by atoms with van der Waals surface area (Å²) in [5.41, 5.74) is 0.322. The van der Waals surface area contributed by atoms with Crippen molar-refractivity contribution in [3.05, 3.63) is 47.1 Å². The van der Waals surface area contributed by atoms with Crippen LogP contribution in [0.25, 0.3) is 22.0 Å². The summed E-state index contributed by atoms with van der Waals surface area (Å²) >= 11 is 10.6. The molecule has 2 atom stereocenters. The maximum absolute atomic E-state index is 15.9. The second kappa shape index (κ2) is 9.08. The molecule has 2 aliphatic rings. The minimum atomic E-state index is -0.882. The van der Waals surface area contributed by atoms with Gasteiger partial charge in [0.1, 0.15) is 23.1 Å². The van der Waals surface area contributed by atoms with Crippen molar-refractivity contribution in [1.29, 1.82) is 0 Å². The van der Waals surface area contributed by atoms with Crippen LogP contribution in [-0.2, 0) is 9.59 Å². The highest BCUT2D eigenvalue weighted by Gasteiger charge is 2.44. The molecule has 188 valence electrons. The van der Waals surface area contributed by atoms with Gasteiger partial charge in [-0.25, -0.2) is 8.78 Å². The molecule has 0 radical (unpaired) electrons. The molecule has 7 nitrogen and oxygen atoms in total. The lowest BCUT2D eigenvalue weighted by Crippen LogP contribution is -2.65. The van der Waals surface area contributed by atoms with Gasteiger partial charge in [0.25, 0.3) is 5.91 Å². The van der Waals surface area contributed by atoms with Crippen molar-refractivity contribution in [1.82, 2.24) is 9.88 Å². The van der Waals surface area contributed by atoms with E-state index >= 15 is 4.39 Å². The van der Waals surface area contributed by atoms with Gasteiger partial charge < -0.3 is 19.8 Å². The number of benzene rings is 2. The van der Waals surface area contributed by atoms with Crippen LogP contribution in [-0.4, -0.2) is 64.8 Å². The third-order valence-corrected chi connectivity index (χ3v) is 7.42. The Labute approximate surface area is 216 Å². The fourth-order valence-corrected chi connectivity index (χ4v) is 5.62. The normalized spacial score (nSPS) is 19.5. The molecule has 3 heterocycles. The molecule has 1 saturated heterocycles. The minimum absolute atomic E-state index is 0.0708. The Morgan fingerprint density at radius 2 is 2.03 bits per heavy atom. The summed E-state index contributed by atoms with van der Waals surface area (Å²) < 4.78 is 30.5. The summed E-state index contributed by atoms with van der Waals surface area (Å²) in [4.78, 5) is 35.2. The highest BCUT2D eigenvalue weighted by molar-refractivity contribution is 7.80. The Kier molecular flexibility index (Phi) is 6.20. The first kappa shape index (κ1) is 24.6. The molecule has 0 saturated carbocycles. The van der Waals surface area contributed by atoms with Crippen LogP contribution >= 0.6 is 24.2 Å². The fraction of sp³-hybridized carbons (Fsp3) is 0.320. The number of aromatic nitrogens is 1. The number of anilines is 2. The molecule has 2 amide bonds. The summed E-state index contributed by atoms with van der Waals surface area (Å²) in [6.07, 6.45) is 1.66. The van der Waals surface area contributed by atoms with Gasteiger partial charge in [0.05, 0.1) is 34.7 Å². The molecular formula is C25H23ClF2N4O3S. The van der Waals surface area contributed by atoms with Gasteiger partial charge in [0.2, 0.25) is 5.91 Å². The lowest BCUT2D eigenvalue weighted by Gasteiger charge is -2.50. The number of halogens is 3. The molecule has 0 unspecified atom stereocenters. The van der Waals surface area contributed by atoms with Crippen LogP contribution in [0, 0.1) is 11.6 Å². The number of hydrogen-bond donors (Lipinski definition) is 2. The smallest absolute Gasteiger partial charge is 0.251 e. The maximum Gasteiger partial charge on any atom is 0.251 e. The van der Waals surface area contributed by atoms with E-state index in [0.29, 0.717) is 29.1 Å². The number of likely N-dealkylation sites (N-methyl/N-ethyl adjacent to an activating group) is 1. The average molecular weight is 533 g/mol. The molecule has 36 heavy (non-hydrogen) atoms. The summed E-state index contributed by atoms with van der Waals surface area (Å²) in [6, 6.07) is 4.26. The van der Waals surface area contributed by atoms with E-state index in [1.54, 1.807) is 11.9 Å². The van der Waals surface area contributed by atoms with E-state index in [4.69, 9.17) is 11.6 Å². The van der Waals surface area contributed by atoms with Gasteiger partial charge in [-0.05, 0) is 30.9 Å². The van der Waals surface area contributed by atoms with Crippen molar-refractivity contribution < 1.29 is 23.5 Å². The van der Waals surface area contributed by atoms with Gasteiger partial charge in [-0.3, -0.25) is 14.6 Å². The van der Waals surface area contributed by atoms with E-state index in [1.165, 1.54) is 29.3 Å². The SMILES string of the molecule is C[C@@H]1CN2c3c(cnc4c(F)c(-c5c(O)cccc5F)c(Cl)cc34)N(C)C(=O)[C@H]2CN1C(=O)CCS. The number of carbonyl (C=O) groups excluding carboxylic acids is 2. The van der Waals surface area contributed by atoms with E-state index < -0.39 is 23.4 Å². The predicted octanol–water partition coefficient (Wildman–Crippen LogP) is 4.24. The van der Waals surface area contributed by atoms with Crippen LogP contribution in [0.4, 0.5) is 20.2 Å². The number of rotatable bonds is 3. The van der Waals surface area contributed by atoms with E-state index in [2.05, 4.69) is 17.6 Å². The summed E-state index contributed by atoms with van der Waals surface area (Å²) in [6.45, 7) is 2.41. The van der Waals surface area contributed by atoms with E-state index in [0.717, 1.165) is 6.07 Å². The predicted molar refractivity (Wildman–Crippen MR) is 138 cm³/mol. The summed E-state index contributed by atoms with van der Waals surface area (Å²) in [5, 5.41) is 10.5. The standard InChI is InChI=1S/C25H23ClF2N4O3S/c1-12-10-32-17(11-31(12)19(34)6-7-36)25(35)30(2)16-9-29-23-13(24(16)32)8-14(26)20(22(23)28)21-15(27)4-3-5-18(21)33/h3-5,8-9,12,17,33,36H,6-7,10-11H2,1-2H3/t12-,17-/m1/s1. The topological polar surface area (TPSA) is 77.0 Å². The number of hydrogen-bond acceptors (Lipinski definition) is 6. The fourth-order valence-electron chi connectivity index (χ4n) is 5.14. The van der Waals surface area contributed by atoms with Crippen molar-refractivity contribution in [2.75, 3.05) is 35.7 Å². The first-order valence-electron chi connectivity index (χ1n) is 11.4. The molecule has 3 aromatic rings. The van der Waals surface area contributed by atoms with Crippen molar-refractivity contribution >= 4 is 58.3 Å². The molecule has 2 aliphatic heterocycles. The van der Waals surface area contributed by atoms with Gasteiger partial charge in [-0.1, -0.05) is 17.7 Å².